The van der Waals surface area contributed by atoms with E-state index in [1.54, 1.807) is 36.4 Å². The molecule has 2 aromatic carbocycles. The molecule has 1 saturated heterocycles. The molecule has 0 saturated carbocycles. The first kappa shape index (κ1) is 19.6. The quantitative estimate of drug-likeness (QED) is 0.647. The molecule has 2 heterocycles. The summed E-state index contributed by atoms with van der Waals surface area (Å²) in [6.45, 7) is 6.05. The molecule has 4 rings (SSSR count). The van der Waals surface area contributed by atoms with Crippen LogP contribution in [0.5, 0.6) is 0 Å². The summed E-state index contributed by atoms with van der Waals surface area (Å²) in [6, 6.07) is 15.3. The van der Waals surface area contributed by atoms with Gasteiger partial charge in [0.2, 0.25) is 0 Å². The van der Waals surface area contributed by atoms with E-state index in [2.05, 4.69) is 16.9 Å². The van der Waals surface area contributed by atoms with Crippen LogP contribution >= 0.6 is 11.6 Å². The van der Waals surface area contributed by atoms with Gasteiger partial charge < -0.3 is 9.80 Å². The predicted molar refractivity (Wildman–Crippen MR) is 112 cm³/mol. The van der Waals surface area contributed by atoms with E-state index in [4.69, 9.17) is 11.6 Å². The number of hydrogen-bond donors (Lipinski definition) is 0. The minimum absolute atomic E-state index is 0.129. The average molecular weight is 413 g/mol. The van der Waals surface area contributed by atoms with Crippen molar-refractivity contribution in [3.05, 3.63) is 71.1 Å². The third-order valence-corrected chi connectivity index (χ3v) is 5.59. The Hall–Kier alpha value is -2.70. The Morgan fingerprint density at radius 2 is 1.76 bits per heavy atom. The fraction of sp³-hybridized carbons (Fsp3) is 0.273. The largest absolute Gasteiger partial charge is 0.335 e. The lowest BCUT2D eigenvalue weighted by Gasteiger charge is -2.34. The zero-order valence-electron chi connectivity index (χ0n) is 16.2. The fourth-order valence-electron chi connectivity index (χ4n) is 3.57. The third-order valence-electron chi connectivity index (χ3n) is 5.27. The van der Waals surface area contributed by atoms with Gasteiger partial charge in [-0.15, -0.1) is 0 Å². The maximum atomic E-state index is 14.4. The Labute approximate surface area is 174 Å². The van der Waals surface area contributed by atoms with Crippen LogP contribution < -0.4 is 0 Å². The molecule has 0 N–H and O–H groups in total. The Balaban J connectivity index is 1.77. The molecule has 5 nitrogen and oxygen atoms in total. The molecule has 1 aromatic heterocycles. The van der Waals surface area contributed by atoms with Crippen molar-refractivity contribution in [3.8, 4) is 16.9 Å². The molecule has 1 aliphatic rings. The number of likely N-dealkylation sites (N-methyl/N-ethyl adjacent to an activating group) is 1. The molecule has 0 unspecified atom stereocenters. The van der Waals surface area contributed by atoms with Crippen molar-refractivity contribution in [2.75, 3.05) is 32.7 Å². The van der Waals surface area contributed by atoms with Gasteiger partial charge in [0.05, 0.1) is 16.4 Å². The number of carbonyl (C=O) groups is 1. The standard InChI is InChI=1S/C22H22ClFN4O/c1-2-26-11-13-27(14-12-26)22(29)21-15-19(16-7-3-5-9-18(16)24)25-28(21)20-10-6-4-8-17(20)23/h3-10,15H,2,11-14H2,1H3. The van der Waals surface area contributed by atoms with Crippen LogP contribution in [0.15, 0.2) is 54.6 Å². The van der Waals surface area contributed by atoms with Crippen LogP contribution in [0.1, 0.15) is 17.4 Å². The highest BCUT2D eigenvalue weighted by atomic mass is 35.5. The van der Waals surface area contributed by atoms with Crippen molar-refractivity contribution in [3.63, 3.8) is 0 Å². The molecule has 150 valence electrons. The zero-order valence-corrected chi connectivity index (χ0v) is 16.9. The molecule has 1 aliphatic heterocycles. The molecule has 0 bridgehead atoms. The number of nitrogens with zero attached hydrogens (tertiary/aromatic N) is 4. The van der Waals surface area contributed by atoms with Gasteiger partial charge in [0.15, 0.2) is 0 Å². The zero-order chi connectivity index (χ0) is 20.4. The molecular formula is C22H22ClFN4O. The summed E-state index contributed by atoms with van der Waals surface area (Å²) < 4.78 is 15.9. The highest BCUT2D eigenvalue weighted by molar-refractivity contribution is 6.32. The number of para-hydroxylation sites is 1. The van der Waals surface area contributed by atoms with Crippen molar-refractivity contribution in [1.29, 1.82) is 0 Å². The second-order valence-corrected chi connectivity index (χ2v) is 7.39. The van der Waals surface area contributed by atoms with Gasteiger partial charge in [0.1, 0.15) is 11.5 Å². The number of piperazine rings is 1. The van der Waals surface area contributed by atoms with Crippen molar-refractivity contribution in [2.24, 2.45) is 0 Å². The van der Waals surface area contributed by atoms with E-state index in [0.29, 0.717) is 40.8 Å². The molecule has 0 spiro atoms. The Kier molecular flexibility index (Phi) is 5.65. The lowest BCUT2D eigenvalue weighted by molar-refractivity contribution is 0.0634. The summed E-state index contributed by atoms with van der Waals surface area (Å²) in [6.07, 6.45) is 0. The van der Waals surface area contributed by atoms with E-state index in [9.17, 15) is 9.18 Å². The van der Waals surface area contributed by atoms with Crippen molar-refractivity contribution < 1.29 is 9.18 Å². The molecular weight excluding hydrogens is 391 g/mol. The minimum atomic E-state index is -0.383. The van der Waals surface area contributed by atoms with Crippen LogP contribution in [0.4, 0.5) is 4.39 Å². The van der Waals surface area contributed by atoms with Crippen LogP contribution in [0.3, 0.4) is 0 Å². The SMILES string of the molecule is CCN1CCN(C(=O)c2cc(-c3ccccc3F)nn2-c2ccccc2Cl)CC1. The van der Waals surface area contributed by atoms with E-state index in [1.165, 1.54) is 10.7 Å². The van der Waals surface area contributed by atoms with Gasteiger partial charge in [-0.3, -0.25) is 4.79 Å². The van der Waals surface area contributed by atoms with E-state index >= 15 is 0 Å². The maximum absolute atomic E-state index is 14.4. The fourth-order valence-corrected chi connectivity index (χ4v) is 3.79. The van der Waals surface area contributed by atoms with Crippen LogP contribution in [0, 0.1) is 5.82 Å². The summed E-state index contributed by atoms with van der Waals surface area (Å²) in [5, 5.41) is 5.03. The van der Waals surface area contributed by atoms with Crippen LogP contribution in [-0.2, 0) is 0 Å². The summed E-state index contributed by atoms with van der Waals surface area (Å²) in [5.41, 5.74) is 1.72. The first-order chi connectivity index (χ1) is 14.1. The van der Waals surface area contributed by atoms with E-state index in [1.807, 2.05) is 17.0 Å². The lowest BCUT2D eigenvalue weighted by Crippen LogP contribution is -2.48. The monoisotopic (exact) mass is 412 g/mol. The van der Waals surface area contributed by atoms with Crippen molar-refractivity contribution >= 4 is 17.5 Å². The van der Waals surface area contributed by atoms with Crippen molar-refractivity contribution in [1.82, 2.24) is 19.6 Å². The van der Waals surface area contributed by atoms with E-state index < -0.39 is 0 Å². The van der Waals surface area contributed by atoms with Crippen LogP contribution in [0.25, 0.3) is 16.9 Å². The molecule has 0 radical (unpaired) electrons. The number of aromatic nitrogens is 2. The van der Waals surface area contributed by atoms with Gasteiger partial charge in [-0.25, -0.2) is 9.07 Å². The van der Waals surface area contributed by atoms with Gasteiger partial charge in [-0.2, -0.15) is 5.10 Å². The number of halogens is 2. The van der Waals surface area contributed by atoms with Crippen molar-refractivity contribution in [2.45, 2.75) is 6.92 Å². The van der Waals surface area contributed by atoms with E-state index in [0.717, 1.165) is 19.6 Å². The van der Waals surface area contributed by atoms with Gasteiger partial charge in [0, 0.05) is 31.7 Å². The topological polar surface area (TPSA) is 41.4 Å². The summed E-state index contributed by atoms with van der Waals surface area (Å²) in [4.78, 5) is 17.5. The second-order valence-electron chi connectivity index (χ2n) is 6.98. The molecule has 3 aromatic rings. The number of carbonyl (C=O) groups excluding carboxylic acids is 1. The smallest absolute Gasteiger partial charge is 0.272 e. The average Bonchev–Trinajstić information content (AvgIpc) is 3.19. The Bertz CT molecular complexity index is 1030. The predicted octanol–water partition coefficient (Wildman–Crippen LogP) is 4.11. The summed E-state index contributed by atoms with van der Waals surface area (Å²) >= 11 is 6.38. The molecule has 0 aliphatic carbocycles. The lowest BCUT2D eigenvalue weighted by atomic mass is 10.1. The van der Waals surface area contributed by atoms with Gasteiger partial charge in [-0.1, -0.05) is 42.8 Å². The van der Waals surface area contributed by atoms with Crippen LogP contribution in [-0.4, -0.2) is 58.2 Å². The third kappa shape index (κ3) is 3.91. The molecule has 29 heavy (non-hydrogen) atoms. The molecule has 1 amide bonds. The number of rotatable bonds is 4. The molecule has 1 fully saturated rings. The molecule has 7 heteroatoms. The minimum Gasteiger partial charge on any atom is -0.335 e. The molecule has 0 atom stereocenters. The maximum Gasteiger partial charge on any atom is 0.272 e. The number of benzene rings is 2. The van der Waals surface area contributed by atoms with Gasteiger partial charge in [0.25, 0.3) is 5.91 Å². The highest BCUT2D eigenvalue weighted by Crippen LogP contribution is 2.28. The Morgan fingerprint density at radius 1 is 1.07 bits per heavy atom. The first-order valence-corrected chi connectivity index (χ1v) is 10.1. The second kappa shape index (κ2) is 8.35. The number of hydrogen-bond acceptors (Lipinski definition) is 3. The van der Waals surface area contributed by atoms with Gasteiger partial charge in [-0.05, 0) is 36.9 Å². The summed E-state index contributed by atoms with van der Waals surface area (Å²) in [5.74, 6) is -0.511. The number of amides is 1. The Morgan fingerprint density at radius 3 is 2.45 bits per heavy atom. The normalized spacial score (nSPS) is 14.9. The summed E-state index contributed by atoms with van der Waals surface area (Å²) in [7, 11) is 0. The van der Waals surface area contributed by atoms with E-state index in [-0.39, 0.29) is 11.7 Å². The highest BCUT2D eigenvalue weighted by Gasteiger charge is 2.26. The van der Waals surface area contributed by atoms with Gasteiger partial charge >= 0.3 is 0 Å². The first-order valence-electron chi connectivity index (χ1n) is 9.70. The van der Waals surface area contributed by atoms with Crippen LogP contribution in [0.2, 0.25) is 5.02 Å².